The zero-order valence-corrected chi connectivity index (χ0v) is 13.1. The molecule has 0 radical (unpaired) electrons. The van der Waals surface area contributed by atoms with Crippen LogP contribution in [0.4, 0.5) is 0 Å². The second-order valence-electron chi connectivity index (χ2n) is 4.03. The number of nitrogens with zero attached hydrogens (tertiary/aromatic N) is 2. The van der Waals surface area contributed by atoms with Crippen LogP contribution in [0.15, 0.2) is 38.1 Å². The van der Waals surface area contributed by atoms with Crippen LogP contribution in [0.1, 0.15) is 13.3 Å². The molecule has 1 aromatic heterocycles. The average Bonchev–Trinajstić information content (AvgIpc) is 2.77. The predicted octanol–water partition coefficient (Wildman–Crippen LogP) is 2.80. The summed E-state index contributed by atoms with van der Waals surface area (Å²) in [4.78, 5) is 3.93. The minimum absolute atomic E-state index is 0.275. The Bertz CT molecular complexity index is 604. The Morgan fingerprint density at radius 2 is 2.33 bits per heavy atom. The molecule has 0 N–H and O–H groups in total. The Morgan fingerprint density at radius 1 is 1.61 bits per heavy atom. The van der Waals surface area contributed by atoms with Crippen LogP contribution >= 0.6 is 27.3 Å². The predicted molar refractivity (Wildman–Crippen MR) is 76.1 cm³/mol. The van der Waals surface area contributed by atoms with Gasteiger partial charge in [0.2, 0.25) is 0 Å². The van der Waals surface area contributed by atoms with E-state index in [9.17, 15) is 8.42 Å². The molecule has 2 heterocycles. The van der Waals surface area contributed by atoms with Crippen LogP contribution in [0.3, 0.4) is 0 Å². The molecule has 0 amide bonds. The van der Waals surface area contributed by atoms with Crippen LogP contribution in [0, 0.1) is 0 Å². The Balaban J connectivity index is 2.31. The third-order valence-corrected chi connectivity index (χ3v) is 6.69. The molecule has 0 saturated heterocycles. The highest BCUT2D eigenvalue weighted by Gasteiger charge is 2.29. The van der Waals surface area contributed by atoms with Gasteiger partial charge in [-0.15, -0.1) is 0 Å². The van der Waals surface area contributed by atoms with Crippen molar-refractivity contribution >= 4 is 37.3 Å². The highest BCUT2D eigenvalue weighted by atomic mass is 79.9. The third kappa shape index (κ3) is 2.59. The van der Waals surface area contributed by atoms with Gasteiger partial charge in [-0.05, 0) is 34.8 Å². The lowest BCUT2D eigenvalue weighted by atomic mass is 10.0. The fourth-order valence-corrected chi connectivity index (χ4v) is 5.17. The van der Waals surface area contributed by atoms with Crippen LogP contribution in [-0.2, 0) is 10.0 Å². The van der Waals surface area contributed by atoms with Gasteiger partial charge in [0.05, 0.1) is 6.20 Å². The van der Waals surface area contributed by atoms with Crippen molar-refractivity contribution in [2.45, 2.75) is 17.6 Å². The molecule has 0 atom stereocenters. The van der Waals surface area contributed by atoms with Crippen molar-refractivity contribution in [1.29, 1.82) is 0 Å². The molecule has 4 nitrogen and oxygen atoms in total. The Labute approximate surface area is 119 Å². The monoisotopic (exact) mass is 348 g/mol. The lowest BCUT2D eigenvalue weighted by Gasteiger charge is -2.27. The van der Waals surface area contributed by atoms with Gasteiger partial charge in [-0.1, -0.05) is 29.6 Å². The standard InChI is InChI=1S/C11H13BrN2O2S2/c1-3-9-7-14(5-4-8(9)2)18(15,16)10-6-13-11(12)17-10/h3,6H,1,4-5,7H2,2H3. The number of halogens is 1. The van der Waals surface area contributed by atoms with Gasteiger partial charge >= 0.3 is 0 Å². The highest BCUT2D eigenvalue weighted by Crippen LogP contribution is 2.29. The van der Waals surface area contributed by atoms with E-state index >= 15 is 0 Å². The largest absolute Gasteiger partial charge is 0.254 e. The maximum atomic E-state index is 12.4. The van der Waals surface area contributed by atoms with Gasteiger partial charge < -0.3 is 0 Å². The molecule has 18 heavy (non-hydrogen) atoms. The fourth-order valence-electron chi connectivity index (χ4n) is 1.79. The van der Waals surface area contributed by atoms with Gasteiger partial charge in [0.25, 0.3) is 10.0 Å². The van der Waals surface area contributed by atoms with Gasteiger partial charge in [-0.2, -0.15) is 4.31 Å². The molecule has 0 fully saturated rings. The van der Waals surface area contributed by atoms with Gasteiger partial charge in [0.1, 0.15) is 0 Å². The molecule has 0 aromatic carbocycles. The quantitative estimate of drug-likeness (QED) is 0.843. The summed E-state index contributed by atoms with van der Waals surface area (Å²) in [6, 6.07) is 0. The first kappa shape index (κ1) is 13.9. The number of rotatable bonds is 3. The second-order valence-corrected chi connectivity index (χ2v) is 8.50. The Morgan fingerprint density at radius 3 is 2.89 bits per heavy atom. The molecule has 0 spiro atoms. The molecule has 0 bridgehead atoms. The molecule has 0 aliphatic carbocycles. The van der Waals surface area contributed by atoms with Gasteiger partial charge in [0, 0.05) is 13.1 Å². The summed E-state index contributed by atoms with van der Waals surface area (Å²) in [5.41, 5.74) is 2.20. The van der Waals surface area contributed by atoms with Crippen LogP contribution in [-0.4, -0.2) is 30.8 Å². The zero-order valence-electron chi connectivity index (χ0n) is 9.89. The van der Waals surface area contributed by atoms with Crippen molar-refractivity contribution in [3.8, 4) is 0 Å². The van der Waals surface area contributed by atoms with Crippen LogP contribution in [0.25, 0.3) is 0 Å². The molecule has 1 aliphatic heterocycles. The first-order chi connectivity index (χ1) is 8.45. The van der Waals surface area contributed by atoms with E-state index in [4.69, 9.17) is 0 Å². The first-order valence-electron chi connectivity index (χ1n) is 5.37. The summed E-state index contributed by atoms with van der Waals surface area (Å²) in [6.45, 7) is 6.66. The van der Waals surface area contributed by atoms with E-state index in [1.807, 2.05) is 6.92 Å². The van der Waals surface area contributed by atoms with E-state index in [-0.39, 0.29) is 4.21 Å². The maximum absolute atomic E-state index is 12.4. The fraction of sp³-hybridized carbons (Fsp3) is 0.364. The van der Waals surface area contributed by atoms with E-state index < -0.39 is 10.0 Å². The molecular weight excluding hydrogens is 336 g/mol. The van der Waals surface area contributed by atoms with Crippen molar-refractivity contribution < 1.29 is 8.42 Å². The minimum Gasteiger partial charge on any atom is -0.236 e. The van der Waals surface area contributed by atoms with E-state index in [0.717, 1.165) is 23.3 Å². The number of thiazole rings is 1. The zero-order chi connectivity index (χ0) is 13.3. The normalized spacial score (nSPS) is 18.1. The molecular formula is C11H13BrN2O2S2. The summed E-state index contributed by atoms with van der Waals surface area (Å²) >= 11 is 4.31. The van der Waals surface area contributed by atoms with E-state index in [1.165, 1.54) is 16.1 Å². The van der Waals surface area contributed by atoms with Crippen molar-refractivity contribution in [2.75, 3.05) is 13.1 Å². The smallest absolute Gasteiger partial charge is 0.236 e. The Kier molecular flexibility index (Phi) is 4.05. The van der Waals surface area contributed by atoms with Crippen molar-refractivity contribution in [2.24, 2.45) is 0 Å². The van der Waals surface area contributed by atoms with Crippen molar-refractivity contribution in [3.63, 3.8) is 0 Å². The van der Waals surface area contributed by atoms with Gasteiger partial charge in [-0.25, -0.2) is 13.4 Å². The number of sulfonamides is 1. The minimum atomic E-state index is -3.43. The lowest BCUT2D eigenvalue weighted by Crippen LogP contribution is -2.36. The highest BCUT2D eigenvalue weighted by molar-refractivity contribution is 9.11. The van der Waals surface area contributed by atoms with Gasteiger partial charge in [0.15, 0.2) is 8.13 Å². The summed E-state index contributed by atoms with van der Waals surface area (Å²) < 4.78 is 27.1. The molecule has 1 aromatic rings. The van der Waals surface area contributed by atoms with E-state index in [0.29, 0.717) is 17.0 Å². The van der Waals surface area contributed by atoms with Crippen molar-refractivity contribution in [3.05, 3.63) is 33.9 Å². The van der Waals surface area contributed by atoms with Crippen LogP contribution in [0.5, 0.6) is 0 Å². The lowest BCUT2D eigenvalue weighted by molar-refractivity contribution is 0.425. The van der Waals surface area contributed by atoms with E-state index in [1.54, 1.807) is 6.08 Å². The summed E-state index contributed by atoms with van der Waals surface area (Å²) in [5, 5.41) is 0. The third-order valence-electron chi connectivity index (χ3n) is 2.93. The SMILES string of the molecule is C=CC1=C(C)CCN(S(=O)(=O)c2cnc(Br)s2)C1. The first-order valence-corrected chi connectivity index (χ1v) is 8.42. The summed E-state index contributed by atoms with van der Waals surface area (Å²) in [6.07, 6.45) is 3.88. The molecule has 0 unspecified atom stereocenters. The number of aromatic nitrogens is 1. The number of hydrogen-bond acceptors (Lipinski definition) is 4. The number of hydrogen-bond donors (Lipinski definition) is 0. The van der Waals surface area contributed by atoms with Crippen molar-refractivity contribution in [1.82, 2.24) is 9.29 Å². The van der Waals surface area contributed by atoms with E-state index in [2.05, 4.69) is 27.5 Å². The summed E-state index contributed by atoms with van der Waals surface area (Å²) in [5.74, 6) is 0. The van der Waals surface area contributed by atoms with Crippen LogP contribution in [0.2, 0.25) is 0 Å². The molecule has 1 aliphatic rings. The Hall–Kier alpha value is -0.500. The summed E-state index contributed by atoms with van der Waals surface area (Å²) in [7, 11) is -3.43. The molecule has 98 valence electrons. The molecule has 2 rings (SSSR count). The molecule has 0 saturated carbocycles. The van der Waals surface area contributed by atoms with Crippen LogP contribution < -0.4 is 0 Å². The van der Waals surface area contributed by atoms with Gasteiger partial charge in [-0.3, -0.25) is 0 Å². The topological polar surface area (TPSA) is 50.3 Å². The molecule has 7 heteroatoms. The average molecular weight is 349 g/mol. The second kappa shape index (κ2) is 5.24. The maximum Gasteiger partial charge on any atom is 0.254 e.